The first-order chi connectivity index (χ1) is 18.4. The molecule has 0 aliphatic rings. The summed E-state index contributed by atoms with van der Waals surface area (Å²) >= 11 is 12.7. The van der Waals surface area contributed by atoms with Gasteiger partial charge in [-0.3, -0.25) is 9.36 Å². The SMILES string of the molecule is Nc1ncnc(NCCc2nc3c(Cl)ccc(Cl)c3c(=O)n2-c2ccccc2)c1C#Cc1ccc(F)cn1. The maximum Gasteiger partial charge on any atom is 0.267 e. The highest BCUT2D eigenvalue weighted by atomic mass is 35.5. The molecular weight excluding hydrogens is 528 g/mol. The number of nitrogens with zero attached hydrogens (tertiary/aromatic N) is 5. The van der Waals surface area contributed by atoms with E-state index in [0.717, 1.165) is 6.20 Å². The Bertz CT molecular complexity index is 1770. The summed E-state index contributed by atoms with van der Waals surface area (Å²) in [7, 11) is 0. The van der Waals surface area contributed by atoms with Crippen molar-refractivity contribution in [3.63, 3.8) is 0 Å². The minimum absolute atomic E-state index is 0.170. The summed E-state index contributed by atoms with van der Waals surface area (Å²) in [5.41, 5.74) is 7.42. The molecule has 3 aromatic heterocycles. The summed E-state index contributed by atoms with van der Waals surface area (Å²) in [6.07, 6.45) is 2.71. The van der Waals surface area contributed by atoms with Gasteiger partial charge in [0.2, 0.25) is 0 Å². The number of halogens is 3. The van der Waals surface area contributed by atoms with Gasteiger partial charge in [-0.25, -0.2) is 24.3 Å². The third-order valence-electron chi connectivity index (χ3n) is 5.57. The number of hydrogen-bond donors (Lipinski definition) is 2. The number of para-hydroxylation sites is 1. The zero-order valence-corrected chi connectivity index (χ0v) is 21.1. The highest BCUT2D eigenvalue weighted by Crippen LogP contribution is 2.27. The number of rotatable bonds is 5. The average Bonchev–Trinajstić information content (AvgIpc) is 2.92. The van der Waals surface area contributed by atoms with E-state index < -0.39 is 5.82 Å². The summed E-state index contributed by atoms with van der Waals surface area (Å²) in [5, 5.41) is 4.03. The Kier molecular flexibility index (Phi) is 7.18. The van der Waals surface area contributed by atoms with Crippen LogP contribution in [0.25, 0.3) is 16.6 Å². The van der Waals surface area contributed by atoms with Crippen LogP contribution in [0.2, 0.25) is 10.0 Å². The van der Waals surface area contributed by atoms with Crippen LogP contribution in [0.15, 0.2) is 71.9 Å². The predicted molar refractivity (Wildman–Crippen MR) is 146 cm³/mol. The second-order valence-corrected chi connectivity index (χ2v) is 8.84. The van der Waals surface area contributed by atoms with Crippen molar-refractivity contribution in [3.05, 3.63) is 110 Å². The van der Waals surface area contributed by atoms with E-state index >= 15 is 0 Å². The smallest absolute Gasteiger partial charge is 0.267 e. The Morgan fingerprint density at radius 1 is 0.974 bits per heavy atom. The molecule has 0 aliphatic heterocycles. The molecule has 11 heteroatoms. The highest BCUT2D eigenvalue weighted by molar-refractivity contribution is 6.39. The predicted octanol–water partition coefficient (Wildman–Crippen LogP) is 4.65. The van der Waals surface area contributed by atoms with Gasteiger partial charge in [-0.15, -0.1) is 0 Å². The Hall–Kier alpha value is -4.52. The van der Waals surface area contributed by atoms with Crippen LogP contribution in [0.5, 0.6) is 0 Å². The Morgan fingerprint density at radius 2 is 1.76 bits per heavy atom. The van der Waals surface area contributed by atoms with Gasteiger partial charge in [0.15, 0.2) is 0 Å². The van der Waals surface area contributed by atoms with Crippen LogP contribution in [0.1, 0.15) is 17.1 Å². The van der Waals surface area contributed by atoms with Crippen molar-refractivity contribution >= 4 is 45.7 Å². The number of nitrogens with two attached hydrogens (primary N) is 1. The van der Waals surface area contributed by atoms with E-state index in [1.807, 2.05) is 30.3 Å². The molecule has 0 amide bonds. The molecule has 2 aromatic carbocycles. The third-order valence-corrected chi connectivity index (χ3v) is 6.19. The molecule has 0 fully saturated rings. The van der Waals surface area contributed by atoms with Crippen LogP contribution in [0, 0.1) is 17.7 Å². The van der Waals surface area contributed by atoms with E-state index in [1.165, 1.54) is 23.0 Å². The average molecular weight is 546 g/mol. The zero-order valence-electron chi connectivity index (χ0n) is 19.6. The maximum atomic E-state index is 13.6. The number of benzene rings is 2. The highest BCUT2D eigenvalue weighted by Gasteiger charge is 2.17. The molecule has 5 aromatic rings. The van der Waals surface area contributed by atoms with Crippen molar-refractivity contribution in [2.24, 2.45) is 0 Å². The molecule has 0 saturated heterocycles. The molecule has 0 spiro atoms. The fourth-order valence-corrected chi connectivity index (χ4v) is 4.23. The van der Waals surface area contributed by atoms with Gasteiger partial charge in [-0.2, -0.15) is 0 Å². The molecule has 0 bridgehead atoms. The summed E-state index contributed by atoms with van der Waals surface area (Å²) in [5.74, 6) is 6.31. The second-order valence-electron chi connectivity index (χ2n) is 8.03. The van der Waals surface area contributed by atoms with E-state index in [2.05, 4.69) is 32.1 Å². The monoisotopic (exact) mass is 545 g/mol. The number of nitrogens with one attached hydrogen (secondary N) is 1. The lowest BCUT2D eigenvalue weighted by atomic mass is 10.2. The Morgan fingerprint density at radius 3 is 2.53 bits per heavy atom. The van der Waals surface area contributed by atoms with Gasteiger partial charge in [0.1, 0.15) is 40.9 Å². The van der Waals surface area contributed by atoms with E-state index in [0.29, 0.717) is 52.1 Å². The van der Waals surface area contributed by atoms with E-state index in [-0.39, 0.29) is 21.8 Å². The summed E-state index contributed by atoms with van der Waals surface area (Å²) < 4.78 is 14.7. The normalized spacial score (nSPS) is 10.7. The van der Waals surface area contributed by atoms with E-state index in [9.17, 15) is 9.18 Å². The summed E-state index contributed by atoms with van der Waals surface area (Å²) in [6.45, 7) is 0.322. The minimum atomic E-state index is -0.458. The lowest BCUT2D eigenvalue weighted by Crippen LogP contribution is -2.26. The van der Waals surface area contributed by atoms with Gasteiger partial charge in [0, 0.05) is 13.0 Å². The van der Waals surface area contributed by atoms with Crippen molar-refractivity contribution < 1.29 is 4.39 Å². The van der Waals surface area contributed by atoms with Gasteiger partial charge in [-0.1, -0.05) is 47.3 Å². The van der Waals surface area contributed by atoms with Crippen LogP contribution >= 0.6 is 23.2 Å². The van der Waals surface area contributed by atoms with Crippen molar-refractivity contribution in [2.45, 2.75) is 6.42 Å². The summed E-state index contributed by atoms with van der Waals surface area (Å²) in [4.78, 5) is 30.5. The fraction of sp³-hybridized carbons (Fsp3) is 0.0741. The van der Waals surface area contributed by atoms with E-state index in [1.54, 1.807) is 12.1 Å². The van der Waals surface area contributed by atoms with Crippen molar-refractivity contribution in [2.75, 3.05) is 17.6 Å². The molecule has 188 valence electrons. The topological polar surface area (TPSA) is 112 Å². The number of aromatic nitrogens is 5. The number of pyridine rings is 1. The van der Waals surface area contributed by atoms with Crippen molar-refractivity contribution in [1.82, 2.24) is 24.5 Å². The van der Waals surface area contributed by atoms with Crippen molar-refractivity contribution in [1.29, 1.82) is 0 Å². The first kappa shape index (κ1) is 25.1. The van der Waals surface area contributed by atoms with Gasteiger partial charge in [-0.05, 0) is 42.3 Å². The minimum Gasteiger partial charge on any atom is -0.382 e. The number of anilines is 2. The van der Waals surface area contributed by atoms with Gasteiger partial charge in [0.25, 0.3) is 5.56 Å². The van der Waals surface area contributed by atoms with Gasteiger partial charge in [0.05, 0.1) is 32.8 Å². The van der Waals surface area contributed by atoms with Crippen LogP contribution < -0.4 is 16.6 Å². The molecule has 0 aliphatic carbocycles. The van der Waals surface area contributed by atoms with Crippen molar-refractivity contribution in [3.8, 4) is 17.5 Å². The standard InChI is InChI=1S/C27H18Cl2FN7O/c28-20-10-11-21(29)24-23(20)27(38)37(18-4-2-1-3-5-18)22(36-24)12-13-32-26-19(25(31)34-15-35-26)9-8-17-7-6-16(30)14-33-17/h1-7,10-11,14-15H,12-13H2,(H3,31,32,34,35). The molecule has 0 atom stereocenters. The Balaban J connectivity index is 1.48. The van der Waals surface area contributed by atoms with Crippen LogP contribution in [0.3, 0.4) is 0 Å². The van der Waals surface area contributed by atoms with Crippen LogP contribution in [-0.2, 0) is 6.42 Å². The molecule has 0 unspecified atom stereocenters. The fourth-order valence-electron chi connectivity index (χ4n) is 3.80. The van der Waals surface area contributed by atoms with Gasteiger partial charge < -0.3 is 11.1 Å². The zero-order chi connectivity index (χ0) is 26.6. The molecule has 3 heterocycles. The van der Waals surface area contributed by atoms with Gasteiger partial charge >= 0.3 is 0 Å². The largest absolute Gasteiger partial charge is 0.382 e. The molecule has 0 radical (unpaired) electrons. The number of fused-ring (bicyclic) bond motifs is 1. The molecular formula is C27H18Cl2FN7O. The first-order valence-corrected chi connectivity index (χ1v) is 12.1. The number of hydrogen-bond acceptors (Lipinski definition) is 7. The van der Waals surface area contributed by atoms with Crippen LogP contribution in [-0.4, -0.2) is 31.0 Å². The molecule has 8 nitrogen and oxygen atoms in total. The molecule has 5 rings (SSSR count). The number of nitrogen functional groups attached to an aromatic ring is 1. The molecule has 38 heavy (non-hydrogen) atoms. The molecule has 3 N–H and O–H groups in total. The lowest BCUT2D eigenvalue weighted by Gasteiger charge is -2.15. The first-order valence-electron chi connectivity index (χ1n) is 11.4. The Labute approximate surface area is 226 Å². The second kappa shape index (κ2) is 10.8. The third kappa shape index (κ3) is 5.13. The lowest BCUT2D eigenvalue weighted by molar-refractivity contribution is 0.621. The summed E-state index contributed by atoms with van der Waals surface area (Å²) in [6, 6.07) is 15.1. The van der Waals surface area contributed by atoms with E-state index in [4.69, 9.17) is 33.9 Å². The molecule has 0 saturated carbocycles. The maximum absolute atomic E-state index is 13.6. The quantitative estimate of drug-likeness (QED) is 0.309. The van der Waals surface area contributed by atoms with Crippen LogP contribution in [0.4, 0.5) is 16.0 Å².